The van der Waals surface area contributed by atoms with Crippen molar-refractivity contribution in [3.63, 3.8) is 0 Å². The van der Waals surface area contributed by atoms with Crippen LogP contribution in [0.1, 0.15) is 27.3 Å². The summed E-state index contributed by atoms with van der Waals surface area (Å²) in [5.41, 5.74) is 4.18. The number of carbonyl (C=O) groups is 1. The van der Waals surface area contributed by atoms with E-state index in [0.717, 1.165) is 28.2 Å². The lowest BCUT2D eigenvalue weighted by molar-refractivity contribution is 0.102. The minimum atomic E-state index is -0.0775. The quantitative estimate of drug-likeness (QED) is 0.840. The standard InChI is InChI=1S/C11H13N3OS/c1-6-4-16-5-9(6)11(15)12-10-7(2)13-14-8(10)3/h4-5H,1-3H3,(H,12,15)(H,13,14). The summed E-state index contributed by atoms with van der Waals surface area (Å²) in [7, 11) is 0. The third-order valence-electron chi connectivity index (χ3n) is 2.47. The maximum Gasteiger partial charge on any atom is 0.256 e. The van der Waals surface area contributed by atoms with E-state index in [-0.39, 0.29) is 5.91 Å². The summed E-state index contributed by atoms with van der Waals surface area (Å²) in [5, 5.41) is 13.6. The van der Waals surface area contributed by atoms with Crippen LogP contribution in [0.25, 0.3) is 0 Å². The Morgan fingerprint density at radius 3 is 2.62 bits per heavy atom. The summed E-state index contributed by atoms with van der Waals surface area (Å²) in [6.45, 7) is 5.68. The van der Waals surface area contributed by atoms with Gasteiger partial charge in [0.1, 0.15) is 0 Å². The van der Waals surface area contributed by atoms with Crippen molar-refractivity contribution < 1.29 is 4.79 Å². The fraction of sp³-hybridized carbons (Fsp3) is 0.273. The number of aryl methyl sites for hydroxylation is 3. The highest BCUT2D eigenvalue weighted by Crippen LogP contribution is 2.19. The van der Waals surface area contributed by atoms with E-state index in [9.17, 15) is 4.79 Å². The van der Waals surface area contributed by atoms with Gasteiger partial charge in [-0.05, 0) is 31.7 Å². The number of H-pyrrole nitrogens is 1. The molecule has 16 heavy (non-hydrogen) atoms. The lowest BCUT2D eigenvalue weighted by Gasteiger charge is -2.04. The Balaban J connectivity index is 2.24. The van der Waals surface area contributed by atoms with Gasteiger partial charge in [-0.1, -0.05) is 0 Å². The van der Waals surface area contributed by atoms with Crippen LogP contribution in [0.3, 0.4) is 0 Å². The number of nitrogens with zero attached hydrogens (tertiary/aromatic N) is 1. The molecule has 0 unspecified atom stereocenters. The fourth-order valence-electron chi connectivity index (χ4n) is 1.51. The van der Waals surface area contributed by atoms with Crippen molar-refractivity contribution in [3.05, 3.63) is 33.3 Å². The van der Waals surface area contributed by atoms with Gasteiger partial charge < -0.3 is 5.32 Å². The summed E-state index contributed by atoms with van der Waals surface area (Å²) in [6, 6.07) is 0. The molecule has 2 N–H and O–H groups in total. The Morgan fingerprint density at radius 1 is 1.38 bits per heavy atom. The Labute approximate surface area is 97.7 Å². The zero-order valence-electron chi connectivity index (χ0n) is 9.42. The van der Waals surface area contributed by atoms with Crippen molar-refractivity contribution in [2.75, 3.05) is 5.32 Å². The minimum Gasteiger partial charge on any atom is -0.319 e. The largest absolute Gasteiger partial charge is 0.319 e. The molecule has 0 saturated carbocycles. The van der Waals surface area contributed by atoms with Gasteiger partial charge in [-0.3, -0.25) is 9.89 Å². The number of aromatic nitrogens is 2. The van der Waals surface area contributed by atoms with E-state index in [1.807, 2.05) is 31.5 Å². The van der Waals surface area contributed by atoms with Crippen LogP contribution in [-0.2, 0) is 0 Å². The predicted octanol–water partition coefficient (Wildman–Crippen LogP) is 2.65. The third-order valence-corrected chi connectivity index (χ3v) is 3.33. The molecule has 0 radical (unpaired) electrons. The van der Waals surface area contributed by atoms with Gasteiger partial charge in [0.05, 0.1) is 22.6 Å². The van der Waals surface area contributed by atoms with Gasteiger partial charge >= 0.3 is 0 Å². The fourth-order valence-corrected chi connectivity index (χ4v) is 2.34. The molecular weight excluding hydrogens is 222 g/mol. The third kappa shape index (κ3) is 1.86. The average Bonchev–Trinajstić information content (AvgIpc) is 2.79. The summed E-state index contributed by atoms with van der Waals surface area (Å²) in [6.07, 6.45) is 0. The molecule has 0 aliphatic heterocycles. The zero-order valence-corrected chi connectivity index (χ0v) is 10.2. The molecule has 5 heteroatoms. The Morgan fingerprint density at radius 2 is 2.12 bits per heavy atom. The number of hydrogen-bond acceptors (Lipinski definition) is 3. The van der Waals surface area contributed by atoms with Crippen LogP contribution < -0.4 is 5.32 Å². The predicted molar refractivity (Wildman–Crippen MR) is 65.1 cm³/mol. The summed E-state index contributed by atoms with van der Waals surface area (Å²) >= 11 is 1.53. The lowest BCUT2D eigenvalue weighted by atomic mass is 10.2. The molecule has 4 nitrogen and oxygen atoms in total. The molecule has 0 aromatic carbocycles. The lowest BCUT2D eigenvalue weighted by Crippen LogP contribution is -2.13. The van der Waals surface area contributed by atoms with Gasteiger partial charge in [0, 0.05) is 5.38 Å². The van der Waals surface area contributed by atoms with E-state index in [2.05, 4.69) is 15.5 Å². The molecular formula is C11H13N3OS. The molecule has 0 atom stereocenters. The highest BCUT2D eigenvalue weighted by molar-refractivity contribution is 7.08. The van der Waals surface area contributed by atoms with Crippen molar-refractivity contribution in [1.29, 1.82) is 0 Å². The minimum absolute atomic E-state index is 0.0775. The second kappa shape index (κ2) is 4.09. The van der Waals surface area contributed by atoms with Crippen LogP contribution in [-0.4, -0.2) is 16.1 Å². The maximum atomic E-state index is 12.0. The van der Waals surface area contributed by atoms with Crippen LogP contribution in [0.2, 0.25) is 0 Å². The SMILES string of the molecule is Cc1cscc1C(=O)Nc1c(C)n[nH]c1C. The molecule has 0 fully saturated rings. The molecule has 0 spiro atoms. The van der Waals surface area contributed by atoms with Crippen LogP contribution in [0, 0.1) is 20.8 Å². The van der Waals surface area contributed by atoms with E-state index < -0.39 is 0 Å². The molecule has 2 aromatic heterocycles. The number of thiophene rings is 1. The monoisotopic (exact) mass is 235 g/mol. The van der Waals surface area contributed by atoms with E-state index >= 15 is 0 Å². The highest BCUT2D eigenvalue weighted by atomic mass is 32.1. The first-order valence-electron chi connectivity index (χ1n) is 4.95. The van der Waals surface area contributed by atoms with E-state index in [4.69, 9.17) is 0 Å². The first kappa shape index (κ1) is 10.9. The van der Waals surface area contributed by atoms with Crippen molar-refractivity contribution in [2.45, 2.75) is 20.8 Å². The molecule has 2 rings (SSSR count). The zero-order chi connectivity index (χ0) is 11.7. The number of nitrogens with one attached hydrogen (secondary N) is 2. The number of aromatic amines is 1. The molecule has 1 amide bonds. The van der Waals surface area contributed by atoms with Crippen molar-refractivity contribution in [1.82, 2.24) is 10.2 Å². The number of amides is 1. The van der Waals surface area contributed by atoms with Crippen molar-refractivity contribution >= 4 is 22.9 Å². The van der Waals surface area contributed by atoms with Gasteiger partial charge in [-0.2, -0.15) is 16.4 Å². The van der Waals surface area contributed by atoms with Crippen LogP contribution >= 0.6 is 11.3 Å². The van der Waals surface area contributed by atoms with Crippen molar-refractivity contribution in [3.8, 4) is 0 Å². The molecule has 0 saturated heterocycles. The van der Waals surface area contributed by atoms with Crippen LogP contribution in [0.4, 0.5) is 5.69 Å². The molecule has 0 bridgehead atoms. The molecule has 2 heterocycles. The first-order valence-corrected chi connectivity index (χ1v) is 5.89. The first-order chi connectivity index (χ1) is 7.59. The van der Waals surface area contributed by atoms with Gasteiger partial charge in [-0.15, -0.1) is 0 Å². The van der Waals surface area contributed by atoms with Gasteiger partial charge in [0.15, 0.2) is 0 Å². The maximum absolute atomic E-state index is 12.0. The van der Waals surface area contributed by atoms with E-state index in [1.165, 1.54) is 11.3 Å². The van der Waals surface area contributed by atoms with Crippen LogP contribution in [0.15, 0.2) is 10.8 Å². The average molecular weight is 235 g/mol. The smallest absolute Gasteiger partial charge is 0.256 e. The van der Waals surface area contributed by atoms with Gasteiger partial charge in [-0.25, -0.2) is 0 Å². The Kier molecular flexibility index (Phi) is 2.78. The van der Waals surface area contributed by atoms with Crippen molar-refractivity contribution in [2.24, 2.45) is 0 Å². The second-order valence-corrected chi connectivity index (χ2v) is 4.48. The highest BCUT2D eigenvalue weighted by Gasteiger charge is 2.13. The van der Waals surface area contributed by atoms with E-state index in [0.29, 0.717) is 0 Å². The number of hydrogen-bond donors (Lipinski definition) is 2. The number of rotatable bonds is 2. The Bertz CT molecular complexity index is 508. The van der Waals surface area contributed by atoms with Gasteiger partial charge in [0.2, 0.25) is 0 Å². The summed E-state index contributed by atoms with van der Waals surface area (Å²) in [5.74, 6) is -0.0775. The second-order valence-electron chi connectivity index (χ2n) is 3.73. The number of carbonyl (C=O) groups excluding carboxylic acids is 1. The summed E-state index contributed by atoms with van der Waals surface area (Å²) < 4.78 is 0. The summed E-state index contributed by atoms with van der Waals surface area (Å²) in [4.78, 5) is 12.0. The van der Waals surface area contributed by atoms with E-state index in [1.54, 1.807) is 0 Å². The molecule has 2 aromatic rings. The normalized spacial score (nSPS) is 10.4. The molecule has 0 aliphatic carbocycles. The topological polar surface area (TPSA) is 57.8 Å². The molecule has 84 valence electrons. The van der Waals surface area contributed by atoms with Crippen LogP contribution in [0.5, 0.6) is 0 Å². The Hall–Kier alpha value is -1.62. The number of anilines is 1. The van der Waals surface area contributed by atoms with Gasteiger partial charge in [0.25, 0.3) is 5.91 Å². The molecule has 0 aliphatic rings.